The minimum absolute atomic E-state index is 0.477. The van der Waals surface area contributed by atoms with Crippen molar-refractivity contribution in [2.24, 2.45) is 0 Å². The van der Waals surface area contributed by atoms with Gasteiger partial charge in [0, 0.05) is 21.5 Å². The number of nitrogens with zero attached hydrogens (tertiary/aromatic N) is 6. The predicted octanol–water partition coefficient (Wildman–Crippen LogP) is 13.7. The van der Waals surface area contributed by atoms with E-state index in [2.05, 4.69) is 116 Å². The first-order chi connectivity index (χ1) is 28.6. The van der Waals surface area contributed by atoms with Gasteiger partial charge in [0.1, 0.15) is 0 Å². The number of fused-ring (bicyclic) bond motifs is 6. The van der Waals surface area contributed by atoms with Crippen molar-refractivity contribution >= 4 is 55.0 Å². The van der Waals surface area contributed by atoms with Crippen molar-refractivity contribution in [2.75, 3.05) is 0 Å². The maximum atomic E-state index is 9.41. The Hall–Kier alpha value is -8.68. The van der Waals surface area contributed by atoms with E-state index in [9.17, 15) is 10.5 Å². The first kappa shape index (κ1) is 33.9. The lowest BCUT2D eigenvalue weighted by atomic mass is 10.0. The Bertz CT molecular complexity index is 3480. The van der Waals surface area contributed by atoms with Crippen LogP contribution >= 0.6 is 0 Å². The maximum Gasteiger partial charge on any atom is 0.197 e. The first-order valence-electron chi connectivity index (χ1n) is 18.7. The van der Waals surface area contributed by atoms with E-state index in [0.29, 0.717) is 22.5 Å². The molecular formula is C52H28N6. The van der Waals surface area contributed by atoms with E-state index < -0.39 is 0 Å². The van der Waals surface area contributed by atoms with Gasteiger partial charge in [0.05, 0.1) is 69.9 Å². The fourth-order valence-electron chi connectivity index (χ4n) is 8.29. The molecule has 8 aromatic carbocycles. The van der Waals surface area contributed by atoms with Crippen LogP contribution in [-0.2, 0) is 0 Å². The molecule has 0 bridgehead atoms. The lowest BCUT2D eigenvalue weighted by Gasteiger charge is -2.20. The zero-order valence-corrected chi connectivity index (χ0v) is 30.8. The van der Waals surface area contributed by atoms with Gasteiger partial charge in [-0.25, -0.2) is 9.69 Å². The average Bonchev–Trinajstić information content (AvgIpc) is 3.80. The predicted molar refractivity (Wildman–Crippen MR) is 233 cm³/mol. The largest absolute Gasteiger partial charge is 0.308 e. The highest BCUT2D eigenvalue weighted by Gasteiger charge is 2.23. The van der Waals surface area contributed by atoms with Gasteiger partial charge in [0.15, 0.2) is 11.4 Å². The van der Waals surface area contributed by atoms with Crippen molar-refractivity contribution in [3.8, 4) is 56.9 Å². The summed E-state index contributed by atoms with van der Waals surface area (Å²) in [7, 11) is 0. The molecule has 6 heteroatoms. The Morgan fingerprint density at radius 1 is 0.397 bits per heavy atom. The second-order valence-corrected chi connectivity index (χ2v) is 14.2. The topological polar surface area (TPSA) is 66.2 Å². The summed E-state index contributed by atoms with van der Waals surface area (Å²) in [6.07, 6.45) is 0. The Labute approximate surface area is 334 Å². The van der Waals surface area contributed by atoms with Crippen molar-refractivity contribution in [2.45, 2.75) is 0 Å². The molecule has 0 aliphatic rings. The molecule has 10 rings (SSSR count). The maximum absolute atomic E-state index is 9.41. The van der Waals surface area contributed by atoms with Gasteiger partial charge in [-0.2, -0.15) is 10.5 Å². The lowest BCUT2D eigenvalue weighted by molar-refractivity contribution is 1.10. The van der Waals surface area contributed by atoms with E-state index in [1.807, 2.05) is 78.9 Å². The summed E-state index contributed by atoms with van der Waals surface area (Å²) >= 11 is 0. The van der Waals surface area contributed by atoms with Crippen LogP contribution in [-0.4, -0.2) is 9.13 Å². The van der Waals surface area contributed by atoms with E-state index in [0.717, 1.165) is 88.4 Å². The molecule has 0 saturated carbocycles. The Morgan fingerprint density at radius 2 is 0.879 bits per heavy atom. The number of hydrogen-bond acceptors (Lipinski definition) is 2. The molecule has 2 heterocycles. The highest BCUT2D eigenvalue weighted by atomic mass is 15.1. The fraction of sp³-hybridized carbons (Fsp3) is 0. The summed E-state index contributed by atoms with van der Waals surface area (Å²) in [4.78, 5) is 7.82. The summed E-state index contributed by atoms with van der Waals surface area (Å²) in [5.74, 6) is 0. The van der Waals surface area contributed by atoms with E-state index in [-0.39, 0.29) is 0 Å². The van der Waals surface area contributed by atoms with Crippen LogP contribution in [0.3, 0.4) is 0 Å². The summed E-state index contributed by atoms with van der Waals surface area (Å²) in [5.41, 5.74) is 13.6. The Kier molecular flexibility index (Phi) is 7.92. The van der Waals surface area contributed by atoms with Gasteiger partial charge < -0.3 is 9.13 Å². The molecular weight excluding hydrogens is 709 g/mol. The normalized spacial score (nSPS) is 11.0. The SMILES string of the molecule is [C-]#[N+]c1cccc(-c2cc(-n3c4ccccc4c4cc(-c5ccc(C#N)cc5)ccc43)c(-n3c4ccccc4c4cc(-c5ccc(C#N)cc5)ccc43)cc2[N+]#[C-])c1. The summed E-state index contributed by atoms with van der Waals surface area (Å²) < 4.78 is 4.56. The summed E-state index contributed by atoms with van der Waals surface area (Å²) in [5, 5.41) is 23.1. The molecule has 0 amide bonds. The molecule has 10 aromatic rings. The monoisotopic (exact) mass is 736 g/mol. The molecule has 0 N–H and O–H groups in total. The van der Waals surface area contributed by atoms with Gasteiger partial charge in [-0.3, -0.25) is 0 Å². The van der Waals surface area contributed by atoms with Crippen LogP contribution in [0, 0.1) is 35.8 Å². The lowest BCUT2D eigenvalue weighted by Crippen LogP contribution is -2.04. The molecule has 266 valence electrons. The van der Waals surface area contributed by atoms with Crippen LogP contribution < -0.4 is 0 Å². The molecule has 0 unspecified atom stereocenters. The van der Waals surface area contributed by atoms with Crippen LogP contribution in [0.4, 0.5) is 11.4 Å². The van der Waals surface area contributed by atoms with E-state index in [4.69, 9.17) is 13.1 Å². The first-order valence-corrected chi connectivity index (χ1v) is 18.7. The number of para-hydroxylation sites is 2. The van der Waals surface area contributed by atoms with Gasteiger partial charge in [-0.1, -0.05) is 91.0 Å². The third-order valence-electron chi connectivity index (χ3n) is 11.0. The van der Waals surface area contributed by atoms with Gasteiger partial charge >= 0.3 is 0 Å². The van der Waals surface area contributed by atoms with Gasteiger partial charge in [0.25, 0.3) is 0 Å². The molecule has 0 fully saturated rings. The zero-order chi connectivity index (χ0) is 39.3. The van der Waals surface area contributed by atoms with Crippen molar-refractivity contribution in [3.63, 3.8) is 0 Å². The van der Waals surface area contributed by atoms with Crippen molar-refractivity contribution < 1.29 is 0 Å². The Balaban J connectivity index is 1.29. The molecule has 0 spiro atoms. The number of rotatable bonds is 5. The van der Waals surface area contributed by atoms with Crippen molar-refractivity contribution in [3.05, 3.63) is 204 Å². The van der Waals surface area contributed by atoms with Gasteiger partial charge in [-0.15, -0.1) is 0 Å². The highest BCUT2D eigenvalue weighted by molar-refractivity contribution is 6.13. The molecule has 0 aliphatic carbocycles. The number of nitriles is 2. The van der Waals surface area contributed by atoms with Crippen molar-refractivity contribution in [1.29, 1.82) is 10.5 Å². The molecule has 6 nitrogen and oxygen atoms in total. The molecule has 2 aromatic heterocycles. The van der Waals surface area contributed by atoms with E-state index >= 15 is 0 Å². The van der Waals surface area contributed by atoms with E-state index in [1.165, 1.54) is 0 Å². The second kappa shape index (κ2) is 13.6. The van der Waals surface area contributed by atoms with Crippen LogP contribution in [0.5, 0.6) is 0 Å². The van der Waals surface area contributed by atoms with Crippen LogP contribution in [0.25, 0.3) is 98.1 Å². The number of hydrogen-bond donors (Lipinski definition) is 0. The fourth-order valence-corrected chi connectivity index (χ4v) is 8.29. The molecule has 0 atom stereocenters. The van der Waals surface area contributed by atoms with E-state index in [1.54, 1.807) is 6.07 Å². The molecule has 0 aliphatic heterocycles. The number of benzene rings is 8. The smallest absolute Gasteiger partial charge is 0.197 e. The second-order valence-electron chi connectivity index (χ2n) is 14.2. The third-order valence-corrected chi connectivity index (χ3v) is 11.0. The van der Waals surface area contributed by atoms with Crippen LogP contribution in [0.15, 0.2) is 170 Å². The summed E-state index contributed by atoms with van der Waals surface area (Å²) in [6, 6.07) is 61.0. The molecule has 0 saturated heterocycles. The number of aromatic nitrogens is 2. The molecule has 0 radical (unpaired) electrons. The van der Waals surface area contributed by atoms with Gasteiger partial charge in [-0.05, 0) is 112 Å². The van der Waals surface area contributed by atoms with Gasteiger partial charge in [0.2, 0.25) is 0 Å². The van der Waals surface area contributed by atoms with Crippen LogP contribution in [0.2, 0.25) is 0 Å². The summed E-state index contributed by atoms with van der Waals surface area (Å²) in [6.45, 7) is 16.2. The average molecular weight is 737 g/mol. The highest BCUT2D eigenvalue weighted by Crippen LogP contribution is 2.44. The third kappa shape index (κ3) is 5.38. The minimum Gasteiger partial charge on any atom is -0.308 e. The zero-order valence-electron chi connectivity index (χ0n) is 30.8. The molecule has 58 heavy (non-hydrogen) atoms. The van der Waals surface area contributed by atoms with Crippen molar-refractivity contribution in [1.82, 2.24) is 9.13 Å². The van der Waals surface area contributed by atoms with Crippen LogP contribution in [0.1, 0.15) is 11.1 Å². The minimum atomic E-state index is 0.477. The quantitative estimate of drug-likeness (QED) is 0.165. The standard InChI is InChI=1S/C52H28N6/c1-55-40-9-7-8-39(26-40)43-29-51(57-47-12-5-3-10-41(47)44-27-37(22-24-49(44)57)35-18-14-33(31-53)15-19-35)52(30-46(43)56-2)58-48-13-6-4-11-42(48)45-28-38(23-25-50(45)58)36-20-16-34(32-54)17-21-36/h3-30H. The Morgan fingerprint density at radius 3 is 1.38 bits per heavy atom.